The predicted molar refractivity (Wildman–Crippen MR) is 182 cm³/mol. The Hall–Kier alpha value is -3.24. The largest absolute Gasteiger partial charge is 0.0622 e. The Morgan fingerprint density at radius 2 is 0.476 bits per heavy atom. The van der Waals surface area contributed by atoms with E-state index in [1.807, 2.05) is 18.3 Å². The average molecular weight is 691 g/mol. The van der Waals surface area contributed by atoms with Crippen LogP contribution in [0.2, 0.25) is 0 Å². The maximum atomic E-state index is 9.16. The van der Waals surface area contributed by atoms with E-state index in [4.69, 9.17) is 4.79 Å². The minimum atomic E-state index is -0.471. The Morgan fingerprint density at radius 3 is 0.595 bits per heavy atom. The fourth-order valence-corrected chi connectivity index (χ4v) is 8.97. The van der Waals surface area contributed by atoms with Gasteiger partial charge >= 0.3 is 38.5 Å². The first kappa shape index (κ1) is 31.7. The molecule has 0 saturated carbocycles. The maximum absolute atomic E-state index is 9.16. The van der Waals surface area contributed by atoms with E-state index in [1.165, 1.54) is 31.8 Å². The van der Waals surface area contributed by atoms with Crippen molar-refractivity contribution in [2.45, 2.75) is 0 Å². The first-order chi connectivity index (χ1) is 20.6. The summed E-state index contributed by atoms with van der Waals surface area (Å²) < 4.78 is -0.471. The van der Waals surface area contributed by atoms with Gasteiger partial charge in [-0.2, -0.15) is 0 Å². The van der Waals surface area contributed by atoms with Crippen LogP contribution in [0.25, 0.3) is 0 Å². The minimum absolute atomic E-state index is 0.446. The number of benzene rings is 6. The molecule has 0 amide bonds. The van der Waals surface area contributed by atoms with Gasteiger partial charge in [0.1, 0.15) is 0 Å². The predicted octanol–water partition coefficient (Wildman–Crippen LogP) is 7.78. The molecule has 1 nitrogen and oxygen atoms in total. The number of hydrogen-bond donors (Lipinski definition) is 0. The standard InChI is InChI=1S/2C18H15P.CClO.Rh/c2*1-4-10-16(11-5-1)19(17-12-6-2-7-13-17)18-14-8-3-9-15-18;2-1-3;/h2*1-15H;;. The van der Waals surface area contributed by atoms with Gasteiger partial charge in [-0.25, -0.2) is 0 Å². The molecule has 0 N–H and O–H groups in total. The molecule has 210 valence electrons. The van der Waals surface area contributed by atoms with Crippen molar-refractivity contribution in [3.05, 3.63) is 182 Å². The molecule has 6 aromatic carbocycles. The van der Waals surface area contributed by atoms with Crippen LogP contribution in [0.15, 0.2) is 182 Å². The van der Waals surface area contributed by atoms with Gasteiger partial charge in [0.25, 0.3) is 0 Å². The summed E-state index contributed by atoms with van der Waals surface area (Å²) in [6, 6.07) is 64.7. The van der Waals surface area contributed by atoms with Crippen molar-refractivity contribution in [2.24, 2.45) is 0 Å². The van der Waals surface area contributed by atoms with Gasteiger partial charge in [0, 0.05) is 0 Å². The van der Waals surface area contributed by atoms with Crippen molar-refractivity contribution < 1.29 is 23.1 Å². The van der Waals surface area contributed by atoms with Crippen molar-refractivity contribution in [1.82, 2.24) is 0 Å². The Kier molecular flexibility index (Phi) is 13.3. The molecule has 0 radical (unpaired) electrons. The molecule has 0 atom stereocenters. The second kappa shape index (κ2) is 17.7. The molecular weight excluding hydrogens is 661 g/mol. The zero-order valence-electron chi connectivity index (χ0n) is 22.8. The quantitative estimate of drug-likeness (QED) is 0.0992. The first-order valence-corrected chi connectivity index (χ1v) is 17.2. The van der Waals surface area contributed by atoms with Crippen molar-refractivity contribution in [2.75, 3.05) is 0 Å². The van der Waals surface area contributed by atoms with Crippen LogP contribution in [0.1, 0.15) is 0 Å². The first-order valence-electron chi connectivity index (χ1n) is 13.4. The Bertz CT molecular complexity index is 1280. The van der Waals surface area contributed by atoms with E-state index >= 15 is 0 Å². The van der Waals surface area contributed by atoms with Crippen molar-refractivity contribution in [3.8, 4) is 0 Å². The average Bonchev–Trinajstić information content (AvgIpc) is 3.05. The van der Waals surface area contributed by atoms with Gasteiger partial charge in [-0.3, -0.25) is 0 Å². The number of halogens is 1. The van der Waals surface area contributed by atoms with Gasteiger partial charge in [-0.15, -0.1) is 0 Å². The zero-order valence-corrected chi connectivity index (χ0v) is 27.0. The summed E-state index contributed by atoms with van der Waals surface area (Å²) in [7, 11) is -0.892. The van der Waals surface area contributed by atoms with Crippen LogP contribution in [0, 0.1) is 0 Å². The van der Waals surface area contributed by atoms with Gasteiger partial charge in [0.2, 0.25) is 0 Å². The van der Waals surface area contributed by atoms with Crippen LogP contribution < -0.4 is 31.8 Å². The second-order valence-electron chi connectivity index (χ2n) is 8.89. The fourth-order valence-electron chi connectivity index (χ4n) is 4.36. The maximum Gasteiger partial charge on any atom is -0.0134 e. The second-order valence-corrected chi connectivity index (χ2v) is 14.9. The molecule has 0 unspecified atom stereocenters. The third-order valence-corrected chi connectivity index (χ3v) is 11.0. The van der Waals surface area contributed by atoms with Crippen LogP contribution in [0.5, 0.6) is 0 Å². The van der Waals surface area contributed by atoms with Gasteiger partial charge in [-0.05, 0) is 47.7 Å². The minimum Gasteiger partial charge on any atom is -0.0622 e. The molecule has 42 heavy (non-hydrogen) atoms. The van der Waals surface area contributed by atoms with Crippen LogP contribution in [0.4, 0.5) is 4.79 Å². The molecule has 0 aliphatic heterocycles. The van der Waals surface area contributed by atoms with E-state index in [1.54, 1.807) is 0 Å². The molecule has 0 spiro atoms. The van der Waals surface area contributed by atoms with Crippen molar-refractivity contribution in [3.63, 3.8) is 0 Å². The van der Waals surface area contributed by atoms with E-state index < -0.39 is 19.7 Å². The third kappa shape index (κ3) is 9.94. The Balaban J connectivity index is 0.000000171. The Labute approximate surface area is 266 Å². The zero-order chi connectivity index (χ0) is 29.4. The summed E-state index contributed by atoms with van der Waals surface area (Å²) in [5.41, 5.74) is 0. The molecular formula is C37H30ClOP2Rh. The van der Waals surface area contributed by atoms with Gasteiger partial charge in [0.15, 0.2) is 0 Å². The summed E-state index contributed by atoms with van der Waals surface area (Å²) in [6.07, 6.45) is 0. The van der Waals surface area contributed by atoms with Crippen molar-refractivity contribution in [1.29, 1.82) is 0 Å². The monoisotopic (exact) mass is 690 g/mol. The molecule has 0 saturated heterocycles. The number of rotatable bonds is 6. The van der Waals surface area contributed by atoms with Crippen LogP contribution in [-0.2, 0) is 18.3 Å². The molecule has 0 bridgehead atoms. The number of carbonyl (C=O) groups excluding carboxylic acids is 1. The van der Waals surface area contributed by atoms with Gasteiger partial charge in [0.05, 0.1) is 0 Å². The molecule has 0 fully saturated rings. The summed E-state index contributed by atoms with van der Waals surface area (Å²) in [6.45, 7) is 0. The topological polar surface area (TPSA) is 17.1 Å². The SMILES string of the molecule is O=[C](Cl)[Rh].c1ccc(P(c2ccccc2)c2ccccc2)cc1.c1ccc(P(c2ccccc2)c2ccccc2)cc1. The van der Waals surface area contributed by atoms with E-state index in [2.05, 4.69) is 194 Å². The molecule has 0 aliphatic carbocycles. The smallest absolute Gasteiger partial charge is 0.0134 e. The summed E-state index contributed by atoms with van der Waals surface area (Å²) in [5.74, 6) is 0. The normalized spacial score (nSPS) is 10.2. The molecule has 0 aliphatic rings. The van der Waals surface area contributed by atoms with Crippen molar-refractivity contribution >= 4 is 63.1 Å². The van der Waals surface area contributed by atoms with Crippen LogP contribution in [-0.4, -0.2) is 3.84 Å². The third-order valence-electron chi connectivity index (χ3n) is 6.09. The fraction of sp³-hybridized carbons (Fsp3) is 0. The van der Waals surface area contributed by atoms with E-state index in [9.17, 15) is 0 Å². The summed E-state index contributed by atoms with van der Waals surface area (Å²) >= 11 is 6.53. The molecule has 6 aromatic rings. The van der Waals surface area contributed by atoms with E-state index in [0.717, 1.165) is 0 Å². The summed E-state index contributed by atoms with van der Waals surface area (Å²) in [4.78, 5) is 9.16. The van der Waals surface area contributed by atoms with Gasteiger partial charge < -0.3 is 0 Å². The van der Waals surface area contributed by atoms with E-state index in [-0.39, 0.29) is 0 Å². The summed E-state index contributed by atoms with van der Waals surface area (Å²) in [5, 5.41) is 8.39. The Morgan fingerprint density at radius 1 is 0.357 bits per heavy atom. The molecule has 6 rings (SSSR count). The molecule has 5 heteroatoms. The van der Waals surface area contributed by atoms with E-state index in [0.29, 0.717) is 0 Å². The molecule has 0 aromatic heterocycles. The molecule has 0 heterocycles. The van der Waals surface area contributed by atoms with Gasteiger partial charge in [-0.1, -0.05) is 182 Å². The number of carbonyl (C=O) groups is 1. The van der Waals surface area contributed by atoms with Crippen LogP contribution in [0.3, 0.4) is 0 Å². The number of hydrogen-bond acceptors (Lipinski definition) is 1. The van der Waals surface area contributed by atoms with Crippen LogP contribution >= 0.6 is 27.4 Å².